The molecular weight excluding hydrogens is 246 g/mol. The van der Waals surface area contributed by atoms with E-state index in [1.165, 1.54) is 0 Å². The summed E-state index contributed by atoms with van der Waals surface area (Å²) in [5.74, 6) is 0.0843. The van der Waals surface area contributed by atoms with Crippen molar-refractivity contribution in [3.05, 3.63) is 0 Å². The van der Waals surface area contributed by atoms with E-state index in [1.807, 2.05) is 11.8 Å². The first-order valence-electron chi connectivity index (χ1n) is 6.70. The molecule has 18 heavy (non-hydrogen) atoms. The van der Waals surface area contributed by atoms with Gasteiger partial charge in [-0.15, -0.1) is 0 Å². The van der Waals surface area contributed by atoms with E-state index in [0.29, 0.717) is 13.2 Å². The zero-order valence-corrected chi connectivity index (χ0v) is 13.6. The molecule has 0 aliphatic carbocycles. The summed E-state index contributed by atoms with van der Waals surface area (Å²) >= 11 is 0. The molecule has 5 heteroatoms. The summed E-state index contributed by atoms with van der Waals surface area (Å²) in [5.41, 5.74) is 0. The minimum atomic E-state index is -1.72. The van der Waals surface area contributed by atoms with Gasteiger partial charge in [0.05, 0.1) is 12.7 Å². The molecule has 4 nitrogen and oxygen atoms in total. The Labute approximate surface area is 112 Å². The van der Waals surface area contributed by atoms with Gasteiger partial charge >= 0.3 is 0 Å². The van der Waals surface area contributed by atoms with Gasteiger partial charge in [0.15, 0.2) is 8.32 Å². The molecule has 0 aromatic heterocycles. The Balaban J connectivity index is 2.47. The molecule has 0 N–H and O–H groups in total. The molecule has 0 aromatic rings. The first-order valence-corrected chi connectivity index (χ1v) is 9.61. The number of morpholine rings is 1. The molecule has 0 aromatic carbocycles. The fourth-order valence-electron chi connectivity index (χ4n) is 1.60. The summed E-state index contributed by atoms with van der Waals surface area (Å²) in [5, 5.41) is 0.210. The molecule has 1 rings (SSSR count). The van der Waals surface area contributed by atoms with Crippen molar-refractivity contribution in [1.29, 1.82) is 0 Å². The maximum atomic E-state index is 11.5. The second-order valence-electron chi connectivity index (χ2n) is 6.44. The van der Waals surface area contributed by atoms with Crippen LogP contribution < -0.4 is 0 Å². The number of rotatable bonds is 4. The number of likely N-dealkylation sites (N-methyl/N-ethyl adjacent to an activating group) is 1. The third kappa shape index (κ3) is 3.80. The summed E-state index contributed by atoms with van der Waals surface area (Å²) in [6.45, 7) is 15.3. The summed E-state index contributed by atoms with van der Waals surface area (Å²) in [6, 6.07) is 0. The lowest BCUT2D eigenvalue weighted by Gasteiger charge is -2.39. The topological polar surface area (TPSA) is 38.8 Å². The van der Waals surface area contributed by atoms with Crippen molar-refractivity contribution in [3.63, 3.8) is 0 Å². The van der Waals surface area contributed by atoms with Gasteiger partial charge in [0.25, 0.3) is 0 Å². The highest BCUT2D eigenvalue weighted by atomic mass is 28.4. The van der Waals surface area contributed by atoms with Crippen molar-refractivity contribution in [1.82, 2.24) is 4.90 Å². The van der Waals surface area contributed by atoms with Gasteiger partial charge < -0.3 is 14.1 Å². The normalized spacial score (nSPS) is 22.4. The van der Waals surface area contributed by atoms with Crippen molar-refractivity contribution in [2.24, 2.45) is 0 Å². The molecule has 1 unspecified atom stereocenters. The van der Waals surface area contributed by atoms with Crippen LogP contribution in [-0.2, 0) is 14.0 Å². The van der Waals surface area contributed by atoms with Gasteiger partial charge in [0.1, 0.15) is 6.61 Å². The Bertz CT molecular complexity index is 299. The Morgan fingerprint density at radius 3 is 2.56 bits per heavy atom. The minimum Gasteiger partial charge on any atom is -0.414 e. The molecule has 1 fully saturated rings. The lowest BCUT2D eigenvalue weighted by Crippen LogP contribution is -2.50. The highest BCUT2D eigenvalue weighted by Crippen LogP contribution is 2.36. The van der Waals surface area contributed by atoms with Gasteiger partial charge in [-0.2, -0.15) is 0 Å². The van der Waals surface area contributed by atoms with Gasteiger partial charge in [-0.05, 0) is 25.1 Å². The Morgan fingerprint density at radius 2 is 2.06 bits per heavy atom. The fraction of sp³-hybridized carbons (Fsp3) is 0.923. The summed E-state index contributed by atoms with van der Waals surface area (Å²) < 4.78 is 11.7. The van der Waals surface area contributed by atoms with Gasteiger partial charge in [-0.3, -0.25) is 4.79 Å². The number of ether oxygens (including phenoxy) is 1. The highest BCUT2D eigenvalue weighted by molar-refractivity contribution is 6.74. The minimum absolute atomic E-state index is 0.0248. The molecule has 1 amide bonds. The molecular formula is C13H27NO3Si. The van der Waals surface area contributed by atoms with Gasteiger partial charge in [-0.1, -0.05) is 20.8 Å². The zero-order chi connectivity index (χ0) is 14.0. The molecule has 0 radical (unpaired) electrons. The third-order valence-corrected chi connectivity index (χ3v) is 8.54. The van der Waals surface area contributed by atoms with E-state index < -0.39 is 8.32 Å². The lowest BCUT2D eigenvalue weighted by atomic mass is 10.2. The summed E-state index contributed by atoms with van der Waals surface area (Å²) in [4.78, 5) is 13.3. The number of amides is 1. The van der Waals surface area contributed by atoms with Crippen LogP contribution in [0.15, 0.2) is 0 Å². The standard InChI is InChI=1S/C13H27NO3Si/c1-7-14-8-11(16-10-12(14)15)9-17-18(5,6)13(2,3)4/h11H,7-10H2,1-6H3. The predicted molar refractivity (Wildman–Crippen MR) is 75.1 cm³/mol. The zero-order valence-electron chi connectivity index (χ0n) is 12.6. The molecule has 1 atom stereocenters. The first kappa shape index (κ1) is 15.7. The third-order valence-electron chi connectivity index (χ3n) is 4.04. The molecule has 0 bridgehead atoms. The van der Waals surface area contributed by atoms with Crippen LogP contribution in [0.1, 0.15) is 27.7 Å². The predicted octanol–water partition coefficient (Wildman–Crippen LogP) is 2.26. The lowest BCUT2D eigenvalue weighted by molar-refractivity contribution is -0.150. The van der Waals surface area contributed by atoms with Crippen molar-refractivity contribution in [2.45, 2.75) is 51.9 Å². The van der Waals surface area contributed by atoms with E-state index in [2.05, 4.69) is 33.9 Å². The number of hydrogen-bond donors (Lipinski definition) is 0. The molecule has 106 valence electrons. The van der Waals surface area contributed by atoms with Gasteiger partial charge in [0, 0.05) is 13.1 Å². The van der Waals surface area contributed by atoms with E-state index in [0.717, 1.165) is 6.54 Å². The average Bonchev–Trinajstić information content (AvgIpc) is 2.26. The SMILES string of the molecule is CCN1CC(CO[Si](C)(C)C(C)(C)C)OCC1=O. The average molecular weight is 273 g/mol. The maximum absolute atomic E-state index is 11.5. The van der Waals surface area contributed by atoms with Crippen LogP contribution in [0.5, 0.6) is 0 Å². The van der Waals surface area contributed by atoms with Crippen LogP contribution in [-0.4, -0.2) is 51.5 Å². The summed E-state index contributed by atoms with van der Waals surface area (Å²) in [7, 11) is -1.72. The maximum Gasteiger partial charge on any atom is 0.248 e. The number of nitrogens with zero attached hydrogens (tertiary/aromatic N) is 1. The van der Waals surface area contributed by atoms with Crippen LogP contribution in [0.3, 0.4) is 0 Å². The van der Waals surface area contributed by atoms with E-state index in [1.54, 1.807) is 0 Å². The van der Waals surface area contributed by atoms with Gasteiger partial charge in [0.2, 0.25) is 5.91 Å². The van der Waals surface area contributed by atoms with E-state index in [4.69, 9.17) is 9.16 Å². The van der Waals surface area contributed by atoms with Crippen LogP contribution in [0, 0.1) is 0 Å². The van der Waals surface area contributed by atoms with Crippen molar-refractivity contribution in [2.75, 3.05) is 26.3 Å². The van der Waals surface area contributed by atoms with E-state index >= 15 is 0 Å². The second-order valence-corrected chi connectivity index (χ2v) is 11.2. The van der Waals surface area contributed by atoms with Crippen molar-refractivity contribution >= 4 is 14.2 Å². The number of carbonyl (C=O) groups excluding carboxylic acids is 1. The number of hydrogen-bond acceptors (Lipinski definition) is 3. The summed E-state index contributed by atoms with van der Waals surface area (Å²) in [6.07, 6.45) is 0.0248. The van der Waals surface area contributed by atoms with Crippen molar-refractivity contribution in [3.8, 4) is 0 Å². The van der Waals surface area contributed by atoms with Crippen LogP contribution >= 0.6 is 0 Å². The fourth-order valence-corrected chi connectivity index (χ4v) is 2.64. The number of carbonyl (C=O) groups is 1. The first-order chi connectivity index (χ1) is 8.17. The van der Waals surface area contributed by atoms with Crippen LogP contribution in [0.25, 0.3) is 0 Å². The second kappa shape index (κ2) is 5.71. The Hall–Kier alpha value is -0.393. The molecule has 1 aliphatic heterocycles. The molecule has 0 saturated carbocycles. The van der Waals surface area contributed by atoms with Gasteiger partial charge in [-0.25, -0.2) is 0 Å². The highest BCUT2D eigenvalue weighted by Gasteiger charge is 2.38. The molecule has 1 heterocycles. The molecule has 1 saturated heterocycles. The largest absolute Gasteiger partial charge is 0.414 e. The van der Waals surface area contributed by atoms with Crippen LogP contribution in [0.2, 0.25) is 18.1 Å². The quantitative estimate of drug-likeness (QED) is 0.738. The van der Waals surface area contributed by atoms with E-state index in [-0.39, 0.29) is 23.7 Å². The van der Waals surface area contributed by atoms with Crippen molar-refractivity contribution < 1.29 is 14.0 Å². The smallest absolute Gasteiger partial charge is 0.248 e. The van der Waals surface area contributed by atoms with Crippen LogP contribution in [0.4, 0.5) is 0 Å². The molecule has 1 aliphatic rings. The Morgan fingerprint density at radius 1 is 1.44 bits per heavy atom. The monoisotopic (exact) mass is 273 g/mol. The van der Waals surface area contributed by atoms with E-state index in [9.17, 15) is 4.79 Å². The Kier molecular flexibility index (Phi) is 4.97. The molecule has 0 spiro atoms.